The van der Waals surface area contributed by atoms with Crippen molar-refractivity contribution in [3.8, 4) is 5.75 Å². The minimum absolute atomic E-state index is 0.226. The molecule has 2 heterocycles. The summed E-state index contributed by atoms with van der Waals surface area (Å²) >= 11 is 3.14. The van der Waals surface area contributed by atoms with Crippen molar-refractivity contribution in [1.29, 1.82) is 0 Å². The number of nitrogens with zero attached hydrogens (tertiary/aromatic N) is 3. The predicted molar refractivity (Wildman–Crippen MR) is 83.2 cm³/mol. The number of unbranched alkanes of at least 4 members (excludes halogenated alkanes) is 4. The molecule has 0 unspecified atom stereocenters. The van der Waals surface area contributed by atoms with E-state index in [1.54, 1.807) is 11.8 Å². The molecule has 0 fully saturated rings. The highest BCUT2D eigenvalue weighted by molar-refractivity contribution is 8.01. The van der Waals surface area contributed by atoms with Crippen LogP contribution in [0.3, 0.4) is 0 Å². The van der Waals surface area contributed by atoms with Crippen molar-refractivity contribution in [1.82, 2.24) is 14.6 Å². The second kappa shape index (κ2) is 7.64. The molecule has 0 amide bonds. The second-order valence-corrected chi connectivity index (χ2v) is 6.75. The summed E-state index contributed by atoms with van der Waals surface area (Å²) in [5.41, 5.74) is -0.247. The van der Waals surface area contributed by atoms with E-state index in [1.165, 1.54) is 61.3 Å². The highest BCUT2D eigenvalue weighted by Crippen LogP contribution is 2.24. The van der Waals surface area contributed by atoms with E-state index in [2.05, 4.69) is 17.0 Å². The highest BCUT2D eigenvalue weighted by Gasteiger charge is 2.10. The summed E-state index contributed by atoms with van der Waals surface area (Å²) in [6.07, 6.45) is 7.78. The average molecular weight is 313 g/mol. The van der Waals surface area contributed by atoms with Crippen LogP contribution in [0.2, 0.25) is 0 Å². The monoisotopic (exact) mass is 313 g/mol. The van der Waals surface area contributed by atoms with Gasteiger partial charge in [-0.05, 0) is 6.42 Å². The Labute approximate surface area is 126 Å². The minimum atomic E-state index is -0.247. The fraction of sp³-hybridized carbons (Fsp3) is 0.615. The molecule has 0 aliphatic carbocycles. The van der Waals surface area contributed by atoms with Gasteiger partial charge in [0.05, 0.1) is 13.3 Å². The number of thioether (sulfide) groups is 1. The lowest BCUT2D eigenvalue weighted by molar-refractivity contribution is 0.404. The van der Waals surface area contributed by atoms with Gasteiger partial charge in [0.2, 0.25) is 10.7 Å². The normalized spacial score (nSPS) is 11.1. The van der Waals surface area contributed by atoms with Crippen molar-refractivity contribution < 1.29 is 4.74 Å². The molecular formula is C13H19N3O2S2. The van der Waals surface area contributed by atoms with E-state index in [0.717, 1.165) is 10.1 Å². The van der Waals surface area contributed by atoms with Gasteiger partial charge in [-0.25, -0.2) is 4.98 Å². The van der Waals surface area contributed by atoms with Crippen LogP contribution in [0.4, 0.5) is 0 Å². The zero-order valence-corrected chi connectivity index (χ0v) is 13.4. The molecule has 0 spiro atoms. The van der Waals surface area contributed by atoms with Gasteiger partial charge in [-0.1, -0.05) is 55.7 Å². The van der Waals surface area contributed by atoms with Crippen LogP contribution in [0.25, 0.3) is 4.96 Å². The Morgan fingerprint density at radius 3 is 2.90 bits per heavy atom. The predicted octanol–water partition coefficient (Wildman–Crippen LogP) is 3.22. The first kappa shape index (κ1) is 15.3. The number of fused-ring (bicyclic) bond motifs is 1. The van der Waals surface area contributed by atoms with E-state index in [-0.39, 0.29) is 11.3 Å². The second-order valence-electron chi connectivity index (χ2n) is 4.46. The summed E-state index contributed by atoms with van der Waals surface area (Å²) in [5.74, 6) is 1.26. The van der Waals surface area contributed by atoms with Gasteiger partial charge in [-0.2, -0.15) is 4.52 Å². The fourth-order valence-corrected chi connectivity index (χ4v) is 3.78. The summed E-state index contributed by atoms with van der Waals surface area (Å²) in [6, 6.07) is 0. The lowest BCUT2D eigenvalue weighted by Crippen LogP contribution is -2.16. The third-order valence-electron chi connectivity index (χ3n) is 2.93. The van der Waals surface area contributed by atoms with Crippen molar-refractivity contribution in [2.45, 2.75) is 43.4 Å². The summed E-state index contributed by atoms with van der Waals surface area (Å²) in [7, 11) is 1.46. The molecule has 0 aromatic carbocycles. The Morgan fingerprint density at radius 1 is 1.35 bits per heavy atom. The average Bonchev–Trinajstić information content (AvgIpc) is 2.87. The zero-order chi connectivity index (χ0) is 14.4. The molecule has 0 saturated heterocycles. The van der Waals surface area contributed by atoms with Crippen LogP contribution in [0, 0.1) is 0 Å². The van der Waals surface area contributed by atoms with Crippen LogP contribution in [0.15, 0.2) is 15.3 Å². The summed E-state index contributed by atoms with van der Waals surface area (Å²) in [6.45, 7) is 2.22. The van der Waals surface area contributed by atoms with E-state index in [1.807, 2.05) is 0 Å². The molecule has 5 nitrogen and oxygen atoms in total. The Hall–Kier alpha value is -1.08. The van der Waals surface area contributed by atoms with Gasteiger partial charge in [-0.15, -0.1) is 5.10 Å². The van der Waals surface area contributed by atoms with Crippen molar-refractivity contribution in [3.05, 3.63) is 16.6 Å². The molecule has 7 heteroatoms. The van der Waals surface area contributed by atoms with Crippen LogP contribution >= 0.6 is 23.1 Å². The molecule has 0 aliphatic heterocycles. The van der Waals surface area contributed by atoms with Crippen LogP contribution in [-0.2, 0) is 0 Å². The van der Waals surface area contributed by atoms with Gasteiger partial charge in [0, 0.05) is 5.75 Å². The van der Waals surface area contributed by atoms with E-state index in [9.17, 15) is 4.79 Å². The maximum Gasteiger partial charge on any atom is 0.317 e. The Kier molecular flexibility index (Phi) is 5.85. The quantitative estimate of drug-likeness (QED) is 0.553. The van der Waals surface area contributed by atoms with Gasteiger partial charge in [0.25, 0.3) is 0 Å². The Bertz CT molecular complexity index is 609. The minimum Gasteiger partial charge on any atom is -0.490 e. The Morgan fingerprint density at radius 2 is 2.15 bits per heavy atom. The summed E-state index contributed by atoms with van der Waals surface area (Å²) in [5, 5.41) is 4.30. The van der Waals surface area contributed by atoms with Crippen molar-refractivity contribution in [3.63, 3.8) is 0 Å². The zero-order valence-electron chi connectivity index (χ0n) is 11.8. The first-order valence-electron chi connectivity index (χ1n) is 6.82. The first-order chi connectivity index (χ1) is 9.76. The molecule has 0 atom stereocenters. The largest absolute Gasteiger partial charge is 0.490 e. The molecule has 2 aromatic heterocycles. The number of hydrogen-bond donors (Lipinski definition) is 0. The van der Waals surface area contributed by atoms with Crippen molar-refractivity contribution >= 4 is 28.1 Å². The molecular weight excluding hydrogens is 294 g/mol. The number of aromatic nitrogens is 3. The van der Waals surface area contributed by atoms with Crippen LogP contribution < -0.4 is 10.3 Å². The lowest BCUT2D eigenvalue weighted by atomic mass is 10.2. The van der Waals surface area contributed by atoms with Crippen molar-refractivity contribution in [2.24, 2.45) is 0 Å². The molecule has 0 N–H and O–H groups in total. The molecule has 0 saturated carbocycles. The molecule has 0 aliphatic rings. The van der Waals surface area contributed by atoms with E-state index in [0.29, 0.717) is 4.96 Å². The first-order valence-corrected chi connectivity index (χ1v) is 8.62. The summed E-state index contributed by atoms with van der Waals surface area (Å²) in [4.78, 5) is 16.8. The van der Waals surface area contributed by atoms with Gasteiger partial charge >= 0.3 is 5.56 Å². The smallest absolute Gasteiger partial charge is 0.317 e. The highest BCUT2D eigenvalue weighted by atomic mass is 32.2. The molecule has 2 rings (SSSR count). The third-order valence-corrected chi connectivity index (χ3v) is 5.07. The van der Waals surface area contributed by atoms with Gasteiger partial charge in [0.15, 0.2) is 4.34 Å². The molecule has 0 radical (unpaired) electrons. The Balaban J connectivity index is 1.95. The van der Waals surface area contributed by atoms with Gasteiger partial charge in [0.1, 0.15) is 0 Å². The molecule has 110 valence electrons. The summed E-state index contributed by atoms with van der Waals surface area (Å²) < 4.78 is 7.17. The van der Waals surface area contributed by atoms with E-state index >= 15 is 0 Å². The number of methoxy groups -OCH3 is 1. The molecule has 2 aromatic rings. The number of rotatable bonds is 8. The molecule has 0 bridgehead atoms. The molecule has 20 heavy (non-hydrogen) atoms. The fourth-order valence-electron chi connectivity index (χ4n) is 1.82. The van der Waals surface area contributed by atoms with Crippen molar-refractivity contribution in [2.75, 3.05) is 12.9 Å². The number of hydrogen-bond acceptors (Lipinski definition) is 6. The third kappa shape index (κ3) is 3.73. The van der Waals surface area contributed by atoms with Gasteiger partial charge < -0.3 is 4.74 Å². The maximum atomic E-state index is 12.0. The number of ether oxygens (including phenoxy) is 1. The van der Waals surface area contributed by atoms with Crippen LogP contribution in [0.5, 0.6) is 5.75 Å². The maximum absolute atomic E-state index is 12.0. The van der Waals surface area contributed by atoms with Crippen LogP contribution in [0.1, 0.15) is 39.0 Å². The van der Waals surface area contributed by atoms with Crippen LogP contribution in [-0.4, -0.2) is 27.5 Å². The SMILES string of the molecule is CCCCCCCSc1nn2c(=O)c(OC)cnc2s1. The lowest BCUT2D eigenvalue weighted by Gasteiger charge is -1.97. The van der Waals surface area contributed by atoms with Gasteiger partial charge in [-0.3, -0.25) is 4.79 Å². The standard InChI is InChI=1S/C13H19N3O2S2/c1-3-4-5-6-7-8-19-13-15-16-11(17)10(18-2)9-14-12(16)20-13/h9H,3-8H2,1-2H3. The van der Waals surface area contributed by atoms with E-state index in [4.69, 9.17) is 4.74 Å². The topological polar surface area (TPSA) is 56.5 Å². The van der Waals surface area contributed by atoms with E-state index < -0.39 is 0 Å².